The standard InChI is InChI=1S/C15H18N2/c16-10-11-1-3-13(4-2-11)15-9-14(7-8-17-15)12-5-6-12/h1-4,12,14-15,17H,5-9H2/t14-,15+/m1/s1. The molecule has 0 spiro atoms. The molecule has 0 unspecified atom stereocenters. The van der Waals surface area contributed by atoms with E-state index < -0.39 is 0 Å². The van der Waals surface area contributed by atoms with Crippen molar-refractivity contribution in [2.24, 2.45) is 11.8 Å². The maximum atomic E-state index is 8.80. The third kappa shape index (κ3) is 2.35. The lowest BCUT2D eigenvalue weighted by atomic mass is 9.85. The van der Waals surface area contributed by atoms with Crippen LogP contribution in [0.15, 0.2) is 24.3 Å². The van der Waals surface area contributed by atoms with E-state index in [0.29, 0.717) is 6.04 Å². The Morgan fingerprint density at radius 1 is 1.06 bits per heavy atom. The smallest absolute Gasteiger partial charge is 0.0991 e. The largest absolute Gasteiger partial charge is 0.310 e. The summed E-state index contributed by atoms with van der Waals surface area (Å²) in [5.74, 6) is 1.94. The quantitative estimate of drug-likeness (QED) is 0.841. The van der Waals surface area contributed by atoms with Gasteiger partial charge in [-0.1, -0.05) is 12.1 Å². The van der Waals surface area contributed by atoms with Crippen molar-refractivity contribution in [3.05, 3.63) is 35.4 Å². The summed E-state index contributed by atoms with van der Waals surface area (Å²) in [6.45, 7) is 1.14. The number of rotatable bonds is 2. The molecule has 1 heterocycles. The van der Waals surface area contributed by atoms with Crippen LogP contribution in [0, 0.1) is 23.2 Å². The molecule has 0 bridgehead atoms. The zero-order chi connectivity index (χ0) is 11.7. The molecular weight excluding hydrogens is 208 g/mol. The molecule has 2 aliphatic rings. The van der Waals surface area contributed by atoms with E-state index >= 15 is 0 Å². The summed E-state index contributed by atoms with van der Waals surface area (Å²) in [6, 6.07) is 10.7. The highest BCUT2D eigenvalue weighted by Gasteiger charge is 2.34. The first-order chi connectivity index (χ1) is 8.36. The first kappa shape index (κ1) is 10.8. The average Bonchev–Trinajstić information content (AvgIpc) is 3.23. The van der Waals surface area contributed by atoms with Gasteiger partial charge in [0.1, 0.15) is 0 Å². The number of piperidine rings is 1. The second-order valence-corrected chi connectivity index (χ2v) is 5.36. The van der Waals surface area contributed by atoms with Crippen LogP contribution < -0.4 is 5.32 Å². The molecule has 0 radical (unpaired) electrons. The molecule has 0 aromatic heterocycles. The van der Waals surface area contributed by atoms with Crippen LogP contribution in [-0.2, 0) is 0 Å². The van der Waals surface area contributed by atoms with Crippen LogP contribution in [0.2, 0.25) is 0 Å². The Bertz CT molecular complexity index is 425. The van der Waals surface area contributed by atoms with Gasteiger partial charge in [-0.3, -0.25) is 0 Å². The summed E-state index contributed by atoms with van der Waals surface area (Å²) in [5, 5.41) is 12.4. The molecule has 2 fully saturated rings. The molecule has 1 N–H and O–H groups in total. The molecule has 1 saturated heterocycles. The summed E-state index contributed by atoms with van der Waals surface area (Å²) in [5.41, 5.74) is 2.10. The first-order valence-corrected chi connectivity index (χ1v) is 6.60. The predicted molar refractivity (Wildman–Crippen MR) is 67.3 cm³/mol. The van der Waals surface area contributed by atoms with Gasteiger partial charge in [0.05, 0.1) is 11.6 Å². The van der Waals surface area contributed by atoms with E-state index in [9.17, 15) is 0 Å². The Labute approximate surface area is 103 Å². The van der Waals surface area contributed by atoms with Crippen molar-refractivity contribution in [1.29, 1.82) is 5.26 Å². The van der Waals surface area contributed by atoms with Crippen LogP contribution in [0.25, 0.3) is 0 Å². The van der Waals surface area contributed by atoms with Gasteiger partial charge >= 0.3 is 0 Å². The Morgan fingerprint density at radius 3 is 2.47 bits per heavy atom. The van der Waals surface area contributed by atoms with Crippen molar-refractivity contribution in [3.63, 3.8) is 0 Å². The fourth-order valence-corrected chi connectivity index (χ4v) is 2.99. The molecule has 2 atom stereocenters. The Kier molecular flexibility index (Phi) is 2.86. The van der Waals surface area contributed by atoms with Crippen LogP contribution >= 0.6 is 0 Å². The maximum absolute atomic E-state index is 8.80. The highest BCUT2D eigenvalue weighted by atomic mass is 14.9. The van der Waals surface area contributed by atoms with E-state index in [-0.39, 0.29) is 0 Å². The van der Waals surface area contributed by atoms with Gasteiger partial charge in [-0.25, -0.2) is 0 Å². The van der Waals surface area contributed by atoms with Crippen LogP contribution in [-0.4, -0.2) is 6.54 Å². The molecular formula is C15H18N2. The minimum Gasteiger partial charge on any atom is -0.310 e. The van der Waals surface area contributed by atoms with E-state index in [2.05, 4.69) is 23.5 Å². The monoisotopic (exact) mass is 226 g/mol. The molecule has 17 heavy (non-hydrogen) atoms. The normalized spacial score (nSPS) is 28.6. The number of hydrogen-bond donors (Lipinski definition) is 1. The predicted octanol–water partition coefficient (Wildman–Crippen LogP) is 3.01. The lowest BCUT2D eigenvalue weighted by Crippen LogP contribution is -2.32. The molecule has 0 amide bonds. The highest BCUT2D eigenvalue weighted by Crippen LogP contribution is 2.44. The molecule has 88 valence electrons. The second kappa shape index (κ2) is 4.50. The zero-order valence-electron chi connectivity index (χ0n) is 10.0. The van der Waals surface area contributed by atoms with Crippen LogP contribution in [0.1, 0.15) is 42.9 Å². The van der Waals surface area contributed by atoms with Gasteiger partial charge in [-0.15, -0.1) is 0 Å². The maximum Gasteiger partial charge on any atom is 0.0991 e. The number of nitrogens with one attached hydrogen (secondary N) is 1. The van der Waals surface area contributed by atoms with E-state index in [1.807, 2.05) is 12.1 Å². The molecule has 1 saturated carbocycles. The number of hydrogen-bond acceptors (Lipinski definition) is 2. The number of benzene rings is 1. The van der Waals surface area contributed by atoms with E-state index in [1.54, 1.807) is 0 Å². The van der Waals surface area contributed by atoms with Crippen LogP contribution in [0.5, 0.6) is 0 Å². The zero-order valence-corrected chi connectivity index (χ0v) is 10.0. The van der Waals surface area contributed by atoms with Crippen molar-refractivity contribution in [1.82, 2.24) is 5.32 Å². The average molecular weight is 226 g/mol. The fraction of sp³-hybridized carbons (Fsp3) is 0.533. The Balaban J connectivity index is 1.71. The lowest BCUT2D eigenvalue weighted by molar-refractivity contribution is 0.278. The third-order valence-corrected chi connectivity index (χ3v) is 4.18. The first-order valence-electron chi connectivity index (χ1n) is 6.60. The highest BCUT2D eigenvalue weighted by molar-refractivity contribution is 5.33. The van der Waals surface area contributed by atoms with E-state index in [1.165, 1.54) is 31.2 Å². The van der Waals surface area contributed by atoms with Gasteiger partial charge < -0.3 is 5.32 Å². The lowest BCUT2D eigenvalue weighted by Gasteiger charge is -2.30. The number of nitriles is 1. The number of nitrogens with zero attached hydrogens (tertiary/aromatic N) is 1. The van der Waals surface area contributed by atoms with Gasteiger partial charge in [-0.05, 0) is 61.8 Å². The topological polar surface area (TPSA) is 35.8 Å². The summed E-state index contributed by atoms with van der Waals surface area (Å²) >= 11 is 0. The molecule has 2 nitrogen and oxygen atoms in total. The molecule has 1 aliphatic heterocycles. The van der Waals surface area contributed by atoms with Gasteiger partial charge in [0.25, 0.3) is 0 Å². The van der Waals surface area contributed by atoms with Crippen LogP contribution in [0.3, 0.4) is 0 Å². The summed E-state index contributed by atoms with van der Waals surface area (Å²) in [7, 11) is 0. The van der Waals surface area contributed by atoms with E-state index in [4.69, 9.17) is 5.26 Å². The van der Waals surface area contributed by atoms with Crippen molar-refractivity contribution in [3.8, 4) is 6.07 Å². The molecule has 2 heteroatoms. The van der Waals surface area contributed by atoms with Crippen molar-refractivity contribution in [2.75, 3.05) is 6.54 Å². The summed E-state index contributed by atoms with van der Waals surface area (Å²) in [6.07, 6.45) is 5.52. The molecule has 3 rings (SSSR count). The fourth-order valence-electron chi connectivity index (χ4n) is 2.99. The van der Waals surface area contributed by atoms with E-state index in [0.717, 1.165) is 23.9 Å². The summed E-state index contributed by atoms with van der Waals surface area (Å²) < 4.78 is 0. The second-order valence-electron chi connectivity index (χ2n) is 5.36. The van der Waals surface area contributed by atoms with Gasteiger partial charge in [-0.2, -0.15) is 5.26 Å². The Hall–Kier alpha value is -1.33. The van der Waals surface area contributed by atoms with Crippen molar-refractivity contribution in [2.45, 2.75) is 31.7 Å². The van der Waals surface area contributed by atoms with Gasteiger partial charge in [0.15, 0.2) is 0 Å². The molecule has 1 aromatic rings. The van der Waals surface area contributed by atoms with Crippen molar-refractivity contribution >= 4 is 0 Å². The molecule has 1 aliphatic carbocycles. The molecule has 1 aromatic carbocycles. The third-order valence-electron chi connectivity index (χ3n) is 4.18. The Morgan fingerprint density at radius 2 is 1.82 bits per heavy atom. The minimum absolute atomic E-state index is 0.502. The minimum atomic E-state index is 0.502. The summed E-state index contributed by atoms with van der Waals surface area (Å²) in [4.78, 5) is 0. The SMILES string of the molecule is N#Cc1ccc([C@@H]2C[C@H](C3CC3)CCN2)cc1. The van der Waals surface area contributed by atoms with Crippen molar-refractivity contribution < 1.29 is 0 Å². The van der Waals surface area contributed by atoms with Gasteiger partial charge in [0.2, 0.25) is 0 Å². The van der Waals surface area contributed by atoms with Crippen LogP contribution in [0.4, 0.5) is 0 Å². The van der Waals surface area contributed by atoms with Gasteiger partial charge in [0, 0.05) is 6.04 Å².